The van der Waals surface area contributed by atoms with Gasteiger partial charge >= 0.3 is 0 Å². The van der Waals surface area contributed by atoms with Gasteiger partial charge in [0.05, 0.1) is 10.6 Å². The molecule has 1 saturated heterocycles. The third-order valence-electron chi connectivity index (χ3n) is 4.20. The van der Waals surface area contributed by atoms with Gasteiger partial charge in [0.2, 0.25) is 0 Å². The maximum atomic E-state index is 13.0. The third kappa shape index (κ3) is 4.46. The first kappa shape index (κ1) is 18.8. The van der Waals surface area contributed by atoms with Crippen LogP contribution in [0.1, 0.15) is 11.3 Å². The van der Waals surface area contributed by atoms with E-state index in [4.69, 9.17) is 9.41 Å². The Bertz CT molecular complexity index is 1030. The van der Waals surface area contributed by atoms with Crippen molar-refractivity contribution >= 4 is 50.5 Å². The van der Waals surface area contributed by atoms with Crippen molar-refractivity contribution in [2.24, 2.45) is 4.99 Å². The summed E-state index contributed by atoms with van der Waals surface area (Å²) in [5.41, 5.74) is 2.01. The smallest absolute Gasteiger partial charge is 0.266 e. The largest absolute Gasteiger partial charge is 0.450 e. The van der Waals surface area contributed by atoms with Gasteiger partial charge in [-0.2, -0.15) is 0 Å². The molecule has 3 aromatic rings. The Hall–Kier alpha value is -2.57. The van der Waals surface area contributed by atoms with Gasteiger partial charge in [-0.05, 0) is 63.9 Å². The molecular formula is C22H17BrN2O2S. The van der Waals surface area contributed by atoms with E-state index < -0.39 is 0 Å². The summed E-state index contributed by atoms with van der Waals surface area (Å²) in [6.07, 6.45) is 2.53. The Balaban J connectivity index is 1.62. The van der Waals surface area contributed by atoms with Gasteiger partial charge in [0.1, 0.15) is 5.76 Å². The molecule has 1 amide bonds. The van der Waals surface area contributed by atoms with Crippen molar-refractivity contribution in [3.63, 3.8) is 0 Å². The lowest BCUT2D eigenvalue weighted by atomic mass is 10.1. The topological polar surface area (TPSA) is 45.8 Å². The standard InChI is InChI=1S/C22H17BrN2O2S/c23-20-12-11-18(27-20)15-19-21(26)25(14-13-16-7-3-1-4-8-16)22(28-19)24-17-9-5-2-6-10-17/h1-12,15H,13-14H2/b19-15+,24-22?. The molecule has 0 bridgehead atoms. The lowest BCUT2D eigenvalue weighted by Gasteiger charge is -2.15. The summed E-state index contributed by atoms with van der Waals surface area (Å²) in [5.74, 6) is 0.579. The number of nitrogens with zero attached hydrogens (tertiary/aromatic N) is 2. The predicted octanol–water partition coefficient (Wildman–Crippen LogP) is 5.89. The Morgan fingerprint density at radius 3 is 2.39 bits per heavy atom. The maximum Gasteiger partial charge on any atom is 0.266 e. The molecule has 1 fully saturated rings. The van der Waals surface area contributed by atoms with Crippen LogP contribution in [0.4, 0.5) is 5.69 Å². The highest BCUT2D eigenvalue weighted by atomic mass is 79.9. The second kappa shape index (κ2) is 8.63. The highest BCUT2D eigenvalue weighted by Crippen LogP contribution is 2.34. The summed E-state index contributed by atoms with van der Waals surface area (Å²) >= 11 is 4.67. The molecule has 1 aliphatic heterocycles. The Morgan fingerprint density at radius 2 is 1.71 bits per heavy atom. The summed E-state index contributed by atoms with van der Waals surface area (Å²) < 4.78 is 6.16. The number of para-hydroxylation sites is 1. The zero-order chi connectivity index (χ0) is 19.3. The lowest BCUT2D eigenvalue weighted by Crippen LogP contribution is -2.31. The van der Waals surface area contributed by atoms with Gasteiger partial charge in [0, 0.05) is 12.6 Å². The van der Waals surface area contributed by atoms with E-state index in [9.17, 15) is 4.79 Å². The van der Waals surface area contributed by atoms with Crippen LogP contribution >= 0.6 is 27.7 Å². The van der Waals surface area contributed by atoms with Crippen LogP contribution in [0.5, 0.6) is 0 Å². The molecule has 0 spiro atoms. The van der Waals surface area contributed by atoms with Crippen LogP contribution in [0.25, 0.3) is 6.08 Å². The molecule has 0 radical (unpaired) electrons. The van der Waals surface area contributed by atoms with Gasteiger partial charge in [-0.15, -0.1) is 0 Å². The molecule has 2 heterocycles. The fourth-order valence-electron chi connectivity index (χ4n) is 2.82. The normalized spacial score (nSPS) is 17.0. The van der Waals surface area contributed by atoms with Crippen LogP contribution in [-0.2, 0) is 11.2 Å². The number of benzene rings is 2. The van der Waals surface area contributed by atoms with Gasteiger partial charge < -0.3 is 4.42 Å². The highest BCUT2D eigenvalue weighted by Gasteiger charge is 2.33. The molecule has 0 aliphatic carbocycles. The van der Waals surface area contributed by atoms with Crippen molar-refractivity contribution in [1.29, 1.82) is 0 Å². The first-order chi connectivity index (χ1) is 13.7. The Labute approximate surface area is 176 Å². The van der Waals surface area contributed by atoms with Gasteiger partial charge in [-0.1, -0.05) is 48.5 Å². The van der Waals surface area contributed by atoms with E-state index in [1.165, 1.54) is 17.3 Å². The summed E-state index contributed by atoms with van der Waals surface area (Å²) in [6.45, 7) is 0.570. The van der Waals surface area contributed by atoms with Crippen LogP contribution in [0.3, 0.4) is 0 Å². The van der Waals surface area contributed by atoms with Crippen molar-refractivity contribution in [3.05, 3.63) is 93.7 Å². The number of rotatable bonds is 5. The van der Waals surface area contributed by atoms with Crippen LogP contribution in [0, 0.1) is 0 Å². The fraction of sp³-hybridized carbons (Fsp3) is 0.0909. The number of thioether (sulfide) groups is 1. The van der Waals surface area contributed by atoms with E-state index in [1.54, 1.807) is 11.0 Å². The monoisotopic (exact) mass is 452 g/mol. The number of amidine groups is 1. The summed E-state index contributed by atoms with van der Waals surface area (Å²) in [4.78, 5) is 20.1. The van der Waals surface area contributed by atoms with Gasteiger partial charge in [-0.3, -0.25) is 9.69 Å². The SMILES string of the molecule is O=C1/C(=C\c2ccc(Br)o2)SC(=Nc2ccccc2)N1CCc1ccccc1. The first-order valence-electron chi connectivity index (χ1n) is 8.83. The highest BCUT2D eigenvalue weighted by molar-refractivity contribution is 9.10. The molecule has 28 heavy (non-hydrogen) atoms. The molecule has 4 nitrogen and oxygen atoms in total. The Morgan fingerprint density at radius 1 is 1.00 bits per heavy atom. The van der Waals surface area contributed by atoms with Gasteiger partial charge in [-0.25, -0.2) is 4.99 Å². The number of aliphatic imine (C=N–C) groups is 1. The van der Waals surface area contributed by atoms with Crippen LogP contribution < -0.4 is 0 Å². The van der Waals surface area contributed by atoms with Crippen LogP contribution in [-0.4, -0.2) is 22.5 Å². The number of hydrogen-bond acceptors (Lipinski definition) is 4. The minimum Gasteiger partial charge on any atom is -0.450 e. The molecule has 1 aliphatic rings. The number of furan rings is 1. The molecule has 0 N–H and O–H groups in total. The second-order valence-electron chi connectivity index (χ2n) is 6.17. The molecule has 2 aromatic carbocycles. The summed E-state index contributed by atoms with van der Waals surface area (Å²) in [6, 6.07) is 23.5. The van der Waals surface area contributed by atoms with Crippen molar-refractivity contribution in [2.75, 3.05) is 6.54 Å². The fourth-order valence-corrected chi connectivity index (χ4v) is 4.15. The van der Waals surface area contributed by atoms with Crippen LogP contribution in [0.2, 0.25) is 0 Å². The minimum absolute atomic E-state index is 0.0527. The van der Waals surface area contributed by atoms with E-state index in [-0.39, 0.29) is 5.91 Å². The van der Waals surface area contributed by atoms with E-state index in [1.807, 2.05) is 60.7 Å². The van der Waals surface area contributed by atoms with Gasteiger partial charge in [0.25, 0.3) is 5.91 Å². The predicted molar refractivity (Wildman–Crippen MR) is 117 cm³/mol. The van der Waals surface area contributed by atoms with E-state index in [0.29, 0.717) is 27.0 Å². The quantitative estimate of drug-likeness (QED) is 0.453. The van der Waals surface area contributed by atoms with Gasteiger partial charge in [0.15, 0.2) is 9.84 Å². The van der Waals surface area contributed by atoms with E-state index >= 15 is 0 Å². The molecule has 4 rings (SSSR count). The molecule has 0 saturated carbocycles. The summed E-state index contributed by atoms with van der Waals surface area (Å²) in [5, 5.41) is 0.684. The van der Waals surface area contributed by atoms with Crippen molar-refractivity contribution in [1.82, 2.24) is 4.90 Å². The average molecular weight is 453 g/mol. The maximum absolute atomic E-state index is 13.0. The molecule has 6 heteroatoms. The third-order valence-corrected chi connectivity index (χ3v) is 5.64. The minimum atomic E-state index is -0.0527. The molecule has 140 valence electrons. The first-order valence-corrected chi connectivity index (χ1v) is 10.4. The molecular weight excluding hydrogens is 436 g/mol. The second-order valence-corrected chi connectivity index (χ2v) is 7.97. The summed E-state index contributed by atoms with van der Waals surface area (Å²) in [7, 11) is 0. The van der Waals surface area contributed by atoms with Crippen LogP contribution in [0.15, 0.2) is 91.8 Å². The molecule has 1 aromatic heterocycles. The number of amides is 1. The van der Waals surface area contributed by atoms with Crippen molar-refractivity contribution < 1.29 is 9.21 Å². The molecule has 0 atom stereocenters. The van der Waals surface area contributed by atoms with E-state index in [2.05, 4.69) is 28.1 Å². The van der Waals surface area contributed by atoms with Crippen molar-refractivity contribution in [3.8, 4) is 0 Å². The Kier molecular flexibility index (Phi) is 5.78. The lowest BCUT2D eigenvalue weighted by molar-refractivity contribution is -0.122. The number of carbonyl (C=O) groups is 1. The number of halogens is 1. The zero-order valence-electron chi connectivity index (χ0n) is 14.9. The van der Waals surface area contributed by atoms with Crippen molar-refractivity contribution in [2.45, 2.75) is 6.42 Å². The average Bonchev–Trinajstić information content (AvgIpc) is 3.25. The molecule has 0 unspecified atom stereocenters. The van der Waals surface area contributed by atoms with E-state index in [0.717, 1.165) is 12.1 Å². The number of carbonyl (C=O) groups excluding carboxylic acids is 1. The zero-order valence-corrected chi connectivity index (χ0v) is 17.3. The number of hydrogen-bond donors (Lipinski definition) is 0.